The number of esters is 1. The molecular formula is C11H13NO2. The van der Waals surface area contributed by atoms with Crippen molar-refractivity contribution in [3.05, 3.63) is 29.8 Å². The van der Waals surface area contributed by atoms with E-state index in [4.69, 9.17) is 4.74 Å². The number of rotatable bonds is 2. The Morgan fingerprint density at radius 3 is 2.93 bits per heavy atom. The highest BCUT2D eigenvalue weighted by Gasteiger charge is 2.18. The molecule has 1 atom stereocenters. The van der Waals surface area contributed by atoms with Gasteiger partial charge in [-0.1, -0.05) is 12.1 Å². The van der Waals surface area contributed by atoms with Gasteiger partial charge in [0.25, 0.3) is 0 Å². The van der Waals surface area contributed by atoms with Crippen molar-refractivity contribution in [3.63, 3.8) is 0 Å². The molecule has 1 heterocycles. The molecule has 1 aromatic carbocycles. The zero-order valence-electron chi connectivity index (χ0n) is 8.12. The molecule has 0 radical (unpaired) electrons. The van der Waals surface area contributed by atoms with Crippen molar-refractivity contribution in [1.29, 1.82) is 0 Å². The summed E-state index contributed by atoms with van der Waals surface area (Å²) in [5.74, 6) is 0.354. The summed E-state index contributed by atoms with van der Waals surface area (Å²) in [6.07, 6.45) is 1.16. The van der Waals surface area contributed by atoms with Gasteiger partial charge in [-0.15, -0.1) is 0 Å². The summed E-state index contributed by atoms with van der Waals surface area (Å²) >= 11 is 0. The number of hydrogen-bond acceptors (Lipinski definition) is 3. The van der Waals surface area contributed by atoms with E-state index in [2.05, 4.69) is 5.32 Å². The Kier molecular flexibility index (Phi) is 2.50. The van der Waals surface area contributed by atoms with Crippen molar-refractivity contribution >= 4 is 5.97 Å². The highest BCUT2D eigenvalue weighted by Crippen LogP contribution is 2.25. The van der Waals surface area contributed by atoms with Gasteiger partial charge in [-0.3, -0.25) is 4.79 Å². The fraction of sp³-hybridized carbons (Fsp3) is 0.364. The lowest BCUT2D eigenvalue weighted by Gasteiger charge is -2.28. The molecule has 1 N–H and O–H groups in total. The lowest BCUT2D eigenvalue weighted by molar-refractivity contribution is -0.131. The fourth-order valence-corrected chi connectivity index (χ4v) is 1.53. The molecule has 2 rings (SSSR count). The third-order valence-electron chi connectivity index (χ3n) is 2.35. The number of carbonyl (C=O) groups is 1. The van der Waals surface area contributed by atoms with Crippen LogP contribution < -0.4 is 10.1 Å². The molecule has 1 saturated heterocycles. The number of benzene rings is 1. The zero-order valence-corrected chi connectivity index (χ0v) is 8.12. The molecule has 0 aromatic heterocycles. The van der Waals surface area contributed by atoms with Crippen LogP contribution in [0.1, 0.15) is 24.9 Å². The van der Waals surface area contributed by atoms with Gasteiger partial charge in [0.2, 0.25) is 0 Å². The summed E-state index contributed by atoms with van der Waals surface area (Å²) in [5, 5.41) is 3.30. The van der Waals surface area contributed by atoms with Crippen LogP contribution in [0.25, 0.3) is 0 Å². The van der Waals surface area contributed by atoms with Crippen molar-refractivity contribution in [1.82, 2.24) is 5.32 Å². The Bertz CT molecular complexity index is 345. The Morgan fingerprint density at radius 1 is 1.57 bits per heavy atom. The minimum Gasteiger partial charge on any atom is -0.427 e. The molecule has 3 heteroatoms. The van der Waals surface area contributed by atoms with E-state index >= 15 is 0 Å². The summed E-state index contributed by atoms with van der Waals surface area (Å²) in [5.41, 5.74) is 1.19. The molecular weight excluding hydrogens is 178 g/mol. The van der Waals surface area contributed by atoms with E-state index in [0.29, 0.717) is 11.8 Å². The summed E-state index contributed by atoms with van der Waals surface area (Å²) in [4.78, 5) is 10.7. The molecule has 1 unspecified atom stereocenters. The average molecular weight is 191 g/mol. The second-order valence-electron chi connectivity index (χ2n) is 3.46. The van der Waals surface area contributed by atoms with Gasteiger partial charge in [0.05, 0.1) is 0 Å². The van der Waals surface area contributed by atoms with Crippen LogP contribution in [0.4, 0.5) is 0 Å². The van der Waals surface area contributed by atoms with Gasteiger partial charge in [0.15, 0.2) is 0 Å². The first-order valence-electron chi connectivity index (χ1n) is 4.77. The molecule has 3 nitrogen and oxygen atoms in total. The zero-order chi connectivity index (χ0) is 9.97. The van der Waals surface area contributed by atoms with Crippen LogP contribution in [0.2, 0.25) is 0 Å². The van der Waals surface area contributed by atoms with E-state index in [1.165, 1.54) is 12.5 Å². The van der Waals surface area contributed by atoms with Gasteiger partial charge < -0.3 is 10.1 Å². The second kappa shape index (κ2) is 3.80. The molecule has 1 aliphatic rings. The minimum atomic E-state index is -0.274. The van der Waals surface area contributed by atoms with Crippen molar-refractivity contribution in [2.24, 2.45) is 0 Å². The predicted molar refractivity (Wildman–Crippen MR) is 53.1 cm³/mol. The Balaban J connectivity index is 2.13. The fourth-order valence-electron chi connectivity index (χ4n) is 1.53. The summed E-state index contributed by atoms with van der Waals surface area (Å²) in [6, 6.07) is 8.10. The van der Waals surface area contributed by atoms with E-state index in [0.717, 1.165) is 13.0 Å². The lowest BCUT2D eigenvalue weighted by Crippen LogP contribution is -2.34. The van der Waals surface area contributed by atoms with Crippen molar-refractivity contribution < 1.29 is 9.53 Å². The molecule has 14 heavy (non-hydrogen) atoms. The molecule has 1 aromatic rings. The molecule has 74 valence electrons. The van der Waals surface area contributed by atoms with Crippen LogP contribution in [0, 0.1) is 0 Å². The lowest BCUT2D eigenvalue weighted by atomic mass is 9.98. The molecule has 1 fully saturated rings. The second-order valence-corrected chi connectivity index (χ2v) is 3.46. The first-order chi connectivity index (χ1) is 6.75. The largest absolute Gasteiger partial charge is 0.427 e. The first kappa shape index (κ1) is 9.21. The minimum absolute atomic E-state index is 0.274. The number of hydrogen-bond donors (Lipinski definition) is 1. The van der Waals surface area contributed by atoms with E-state index < -0.39 is 0 Å². The van der Waals surface area contributed by atoms with E-state index in [-0.39, 0.29) is 5.97 Å². The predicted octanol–water partition coefficient (Wildman–Crippen LogP) is 1.65. The van der Waals surface area contributed by atoms with Crippen LogP contribution >= 0.6 is 0 Å². The number of carbonyl (C=O) groups excluding carboxylic acids is 1. The van der Waals surface area contributed by atoms with Gasteiger partial charge in [0, 0.05) is 13.0 Å². The molecule has 0 saturated carbocycles. The van der Waals surface area contributed by atoms with Crippen LogP contribution in [-0.4, -0.2) is 12.5 Å². The van der Waals surface area contributed by atoms with Gasteiger partial charge >= 0.3 is 5.97 Å². The Hall–Kier alpha value is -1.35. The van der Waals surface area contributed by atoms with E-state index in [9.17, 15) is 4.79 Å². The summed E-state index contributed by atoms with van der Waals surface area (Å²) in [6.45, 7) is 2.48. The maximum atomic E-state index is 10.7. The highest BCUT2D eigenvalue weighted by molar-refractivity contribution is 5.69. The molecule has 0 bridgehead atoms. The molecule has 0 amide bonds. The number of nitrogens with one attached hydrogen (secondary N) is 1. The Labute approximate surface area is 83.1 Å². The SMILES string of the molecule is CC(=O)Oc1cccc(C2CCN2)c1. The number of ether oxygens (including phenoxy) is 1. The normalized spacial score (nSPS) is 19.9. The third kappa shape index (κ3) is 1.93. The van der Waals surface area contributed by atoms with E-state index in [1.807, 2.05) is 18.2 Å². The van der Waals surface area contributed by atoms with Crippen molar-refractivity contribution in [3.8, 4) is 5.75 Å². The van der Waals surface area contributed by atoms with Gasteiger partial charge in [-0.2, -0.15) is 0 Å². The molecule has 0 aliphatic carbocycles. The van der Waals surface area contributed by atoms with Crippen LogP contribution in [-0.2, 0) is 4.79 Å². The highest BCUT2D eigenvalue weighted by atomic mass is 16.5. The van der Waals surface area contributed by atoms with Gasteiger partial charge in [-0.05, 0) is 30.7 Å². The van der Waals surface area contributed by atoms with Crippen molar-refractivity contribution in [2.75, 3.05) is 6.54 Å². The quantitative estimate of drug-likeness (QED) is 0.570. The monoisotopic (exact) mass is 191 g/mol. The first-order valence-corrected chi connectivity index (χ1v) is 4.77. The molecule has 1 aliphatic heterocycles. The third-order valence-corrected chi connectivity index (χ3v) is 2.35. The maximum Gasteiger partial charge on any atom is 0.308 e. The smallest absolute Gasteiger partial charge is 0.308 e. The maximum absolute atomic E-state index is 10.7. The van der Waals surface area contributed by atoms with Crippen molar-refractivity contribution in [2.45, 2.75) is 19.4 Å². The average Bonchev–Trinajstić information content (AvgIpc) is 1.99. The van der Waals surface area contributed by atoms with Gasteiger partial charge in [-0.25, -0.2) is 0 Å². The van der Waals surface area contributed by atoms with E-state index in [1.54, 1.807) is 6.07 Å². The summed E-state index contributed by atoms with van der Waals surface area (Å²) < 4.78 is 5.01. The van der Waals surface area contributed by atoms with Crippen LogP contribution in [0.5, 0.6) is 5.75 Å². The van der Waals surface area contributed by atoms with Crippen LogP contribution in [0.3, 0.4) is 0 Å². The van der Waals surface area contributed by atoms with Crippen LogP contribution in [0.15, 0.2) is 24.3 Å². The standard InChI is InChI=1S/C11H13NO2/c1-8(13)14-10-4-2-3-9(7-10)11-5-6-12-11/h2-4,7,11-12H,5-6H2,1H3. The Morgan fingerprint density at radius 2 is 2.36 bits per heavy atom. The van der Waals surface area contributed by atoms with Gasteiger partial charge in [0.1, 0.15) is 5.75 Å². The topological polar surface area (TPSA) is 38.3 Å². The summed E-state index contributed by atoms with van der Waals surface area (Å²) in [7, 11) is 0. The molecule has 0 spiro atoms.